The minimum Gasteiger partial charge on any atom is -0.497 e. The van der Waals surface area contributed by atoms with Crippen LogP contribution in [0.15, 0.2) is 53.3 Å². The maximum absolute atomic E-state index is 13.2. The number of aromatic nitrogens is 5. The summed E-state index contributed by atoms with van der Waals surface area (Å²) in [7, 11) is 3.33. The molecule has 0 spiro atoms. The Morgan fingerprint density at radius 3 is 2.59 bits per heavy atom. The molecule has 1 fully saturated rings. The summed E-state index contributed by atoms with van der Waals surface area (Å²) in [4.78, 5) is 18.5. The van der Waals surface area contributed by atoms with Gasteiger partial charge in [0.2, 0.25) is 0 Å². The fraction of sp³-hybridized carbons (Fsp3) is 0.429. The molecule has 37 heavy (non-hydrogen) atoms. The average molecular weight is 503 g/mol. The standard InChI is InChI=1S/C28H34N6O3/c1-4-25(27-30-31-32-34(27)22-10-6-7-11-22)33(17-19-9-5-8-12-26(19)37-3)18-21-15-20-16-23(36-2)13-14-24(20)29-28(21)35/h5,8-9,12-16,22,25H,4,6-7,10-11,17-18H2,1-3H3,(H,29,35). The molecule has 194 valence electrons. The van der Waals surface area contributed by atoms with Crippen LogP contribution in [0.4, 0.5) is 0 Å². The van der Waals surface area contributed by atoms with E-state index in [0.717, 1.165) is 53.1 Å². The number of pyridine rings is 1. The summed E-state index contributed by atoms with van der Waals surface area (Å²) in [6.07, 6.45) is 5.37. The van der Waals surface area contributed by atoms with Crippen LogP contribution in [0.25, 0.3) is 10.9 Å². The minimum atomic E-state index is -0.104. The van der Waals surface area contributed by atoms with Gasteiger partial charge in [-0.2, -0.15) is 0 Å². The summed E-state index contributed by atoms with van der Waals surface area (Å²) in [5.74, 6) is 2.41. The second kappa shape index (κ2) is 11.1. The topological polar surface area (TPSA) is 98.2 Å². The summed E-state index contributed by atoms with van der Waals surface area (Å²) in [6.45, 7) is 3.15. The van der Waals surface area contributed by atoms with Crippen LogP contribution in [0.5, 0.6) is 11.5 Å². The van der Waals surface area contributed by atoms with E-state index in [-0.39, 0.29) is 11.6 Å². The van der Waals surface area contributed by atoms with E-state index in [0.29, 0.717) is 24.7 Å². The highest BCUT2D eigenvalue weighted by molar-refractivity contribution is 5.80. The number of ether oxygens (including phenoxy) is 2. The van der Waals surface area contributed by atoms with Gasteiger partial charge in [-0.05, 0) is 60.0 Å². The zero-order valence-electron chi connectivity index (χ0n) is 21.7. The molecule has 1 aliphatic carbocycles. The second-order valence-corrected chi connectivity index (χ2v) is 9.64. The predicted molar refractivity (Wildman–Crippen MR) is 142 cm³/mol. The number of aromatic amines is 1. The first-order valence-corrected chi connectivity index (χ1v) is 12.9. The second-order valence-electron chi connectivity index (χ2n) is 9.64. The number of hydrogen-bond acceptors (Lipinski definition) is 7. The van der Waals surface area contributed by atoms with Crippen molar-refractivity contribution < 1.29 is 9.47 Å². The van der Waals surface area contributed by atoms with Gasteiger partial charge in [-0.3, -0.25) is 9.69 Å². The van der Waals surface area contributed by atoms with Gasteiger partial charge in [0, 0.05) is 35.1 Å². The third kappa shape index (κ3) is 5.22. The third-order valence-corrected chi connectivity index (χ3v) is 7.38. The van der Waals surface area contributed by atoms with E-state index < -0.39 is 0 Å². The van der Waals surface area contributed by atoms with Gasteiger partial charge in [-0.15, -0.1) is 5.10 Å². The van der Waals surface area contributed by atoms with Crippen molar-refractivity contribution in [2.24, 2.45) is 0 Å². The molecule has 0 amide bonds. The van der Waals surface area contributed by atoms with E-state index in [2.05, 4.69) is 38.4 Å². The van der Waals surface area contributed by atoms with Crippen LogP contribution in [0.2, 0.25) is 0 Å². The van der Waals surface area contributed by atoms with Gasteiger partial charge >= 0.3 is 0 Å². The highest BCUT2D eigenvalue weighted by Crippen LogP contribution is 2.34. The molecule has 1 unspecified atom stereocenters. The molecule has 5 rings (SSSR count). The van der Waals surface area contributed by atoms with Gasteiger partial charge in [0.25, 0.3) is 5.56 Å². The lowest BCUT2D eigenvalue weighted by molar-refractivity contribution is 0.156. The largest absolute Gasteiger partial charge is 0.497 e. The van der Waals surface area contributed by atoms with Crippen molar-refractivity contribution in [2.45, 2.75) is 64.2 Å². The maximum atomic E-state index is 13.2. The quantitative estimate of drug-likeness (QED) is 0.333. The molecular formula is C28H34N6O3. The SMILES string of the molecule is CCC(c1nnnn1C1CCCC1)N(Cc1ccccc1OC)Cc1cc2cc(OC)ccc2[nH]c1=O. The summed E-state index contributed by atoms with van der Waals surface area (Å²) < 4.78 is 13.1. The van der Waals surface area contributed by atoms with Gasteiger partial charge in [0.05, 0.1) is 26.3 Å². The van der Waals surface area contributed by atoms with Gasteiger partial charge in [0.15, 0.2) is 5.82 Å². The number of para-hydroxylation sites is 1. The molecule has 2 heterocycles. The van der Waals surface area contributed by atoms with Crippen LogP contribution < -0.4 is 15.0 Å². The molecule has 0 bridgehead atoms. The van der Waals surface area contributed by atoms with E-state index in [4.69, 9.17) is 9.47 Å². The molecule has 1 atom stereocenters. The molecule has 4 aromatic rings. The molecule has 9 nitrogen and oxygen atoms in total. The first kappa shape index (κ1) is 25.0. The lowest BCUT2D eigenvalue weighted by Crippen LogP contribution is -2.33. The summed E-state index contributed by atoms with van der Waals surface area (Å²) >= 11 is 0. The summed E-state index contributed by atoms with van der Waals surface area (Å²) in [5.41, 5.74) is 2.40. The summed E-state index contributed by atoms with van der Waals surface area (Å²) in [5, 5.41) is 13.9. The Morgan fingerprint density at radius 2 is 1.84 bits per heavy atom. The smallest absolute Gasteiger partial charge is 0.252 e. The Kier molecular flexibility index (Phi) is 7.50. The Morgan fingerprint density at radius 1 is 1.05 bits per heavy atom. The molecule has 0 saturated heterocycles. The number of hydrogen-bond donors (Lipinski definition) is 1. The lowest BCUT2D eigenvalue weighted by Gasteiger charge is -2.31. The zero-order chi connectivity index (χ0) is 25.8. The highest BCUT2D eigenvalue weighted by Gasteiger charge is 2.30. The number of nitrogens with one attached hydrogen (secondary N) is 1. The first-order valence-electron chi connectivity index (χ1n) is 12.9. The van der Waals surface area contributed by atoms with Crippen molar-refractivity contribution in [3.8, 4) is 11.5 Å². The molecule has 0 aliphatic heterocycles. The fourth-order valence-electron chi connectivity index (χ4n) is 5.45. The Labute approximate surface area is 216 Å². The summed E-state index contributed by atoms with van der Waals surface area (Å²) in [6, 6.07) is 15.9. The Balaban J connectivity index is 1.56. The van der Waals surface area contributed by atoms with Crippen molar-refractivity contribution in [1.82, 2.24) is 30.1 Å². The average Bonchev–Trinajstić information content (AvgIpc) is 3.62. The van der Waals surface area contributed by atoms with Crippen LogP contribution in [0, 0.1) is 0 Å². The van der Waals surface area contributed by atoms with Gasteiger partial charge in [0.1, 0.15) is 11.5 Å². The van der Waals surface area contributed by atoms with Gasteiger partial charge in [-0.25, -0.2) is 4.68 Å². The van der Waals surface area contributed by atoms with Crippen LogP contribution in [-0.2, 0) is 13.1 Å². The monoisotopic (exact) mass is 502 g/mol. The molecule has 1 aliphatic rings. The third-order valence-electron chi connectivity index (χ3n) is 7.38. The number of H-pyrrole nitrogens is 1. The van der Waals surface area contributed by atoms with Crippen molar-refractivity contribution >= 4 is 10.9 Å². The Hall–Kier alpha value is -3.72. The maximum Gasteiger partial charge on any atom is 0.252 e. The normalized spacial score (nSPS) is 14.9. The van der Waals surface area contributed by atoms with Crippen LogP contribution in [0.3, 0.4) is 0 Å². The van der Waals surface area contributed by atoms with Crippen LogP contribution >= 0.6 is 0 Å². The van der Waals surface area contributed by atoms with Crippen molar-refractivity contribution in [2.75, 3.05) is 14.2 Å². The number of fused-ring (bicyclic) bond motifs is 1. The van der Waals surface area contributed by atoms with Gasteiger partial charge in [-0.1, -0.05) is 38.0 Å². The van der Waals surface area contributed by atoms with Crippen molar-refractivity contribution in [3.63, 3.8) is 0 Å². The Bertz CT molecular complexity index is 1410. The number of tetrazole rings is 1. The number of rotatable bonds is 10. The first-order chi connectivity index (χ1) is 18.1. The fourth-order valence-corrected chi connectivity index (χ4v) is 5.45. The zero-order valence-corrected chi connectivity index (χ0v) is 21.7. The predicted octanol–water partition coefficient (Wildman–Crippen LogP) is 4.80. The van der Waals surface area contributed by atoms with E-state index in [9.17, 15) is 4.79 Å². The lowest BCUT2D eigenvalue weighted by atomic mass is 10.1. The molecule has 1 N–H and O–H groups in total. The van der Waals surface area contributed by atoms with E-state index in [1.165, 1.54) is 12.8 Å². The van der Waals surface area contributed by atoms with Crippen molar-refractivity contribution in [1.29, 1.82) is 0 Å². The number of methoxy groups -OCH3 is 2. The number of benzene rings is 2. The van der Waals surface area contributed by atoms with Gasteiger partial charge < -0.3 is 14.5 Å². The molecule has 2 aromatic heterocycles. The van der Waals surface area contributed by atoms with Crippen LogP contribution in [0.1, 0.15) is 68.1 Å². The minimum absolute atomic E-state index is 0.0825. The molecular weight excluding hydrogens is 468 g/mol. The van der Waals surface area contributed by atoms with E-state index in [1.54, 1.807) is 14.2 Å². The highest BCUT2D eigenvalue weighted by atomic mass is 16.5. The molecule has 1 saturated carbocycles. The number of nitrogens with zero attached hydrogens (tertiary/aromatic N) is 5. The van der Waals surface area contributed by atoms with E-state index >= 15 is 0 Å². The van der Waals surface area contributed by atoms with Crippen LogP contribution in [-0.4, -0.2) is 44.3 Å². The molecule has 9 heteroatoms. The van der Waals surface area contributed by atoms with Crippen molar-refractivity contribution in [3.05, 3.63) is 75.8 Å². The van der Waals surface area contributed by atoms with E-state index in [1.807, 2.05) is 47.1 Å². The molecule has 2 aromatic carbocycles. The molecule has 0 radical (unpaired) electrons.